The van der Waals surface area contributed by atoms with Gasteiger partial charge in [-0.1, -0.05) is 64.4 Å². The molecule has 3 N–H and O–H groups in total. The fourth-order valence-corrected chi connectivity index (χ4v) is 10.3. The monoisotopic (exact) mass is 525 g/mol. The average molecular weight is 526 g/mol. The molecule has 0 heterocycles. The Morgan fingerprint density at radius 1 is 1.03 bits per heavy atom. The fraction of sp³-hybridized carbons (Fsp3) is 0.788. The van der Waals surface area contributed by atoms with Crippen LogP contribution in [0.15, 0.2) is 30.3 Å². The summed E-state index contributed by atoms with van der Waals surface area (Å²) in [4.78, 5) is 12.3. The Morgan fingerprint density at radius 2 is 1.74 bits per heavy atom. The van der Waals surface area contributed by atoms with Gasteiger partial charge in [0.2, 0.25) is 0 Å². The molecule has 4 unspecified atom stereocenters. The molecule has 4 aliphatic rings. The van der Waals surface area contributed by atoms with Gasteiger partial charge < -0.3 is 20.3 Å². The van der Waals surface area contributed by atoms with Crippen molar-refractivity contribution in [1.29, 1.82) is 0 Å². The highest BCUT2D eigenvalue weighted by Crippen LogP contribution is 2.69. The van der Waals surface area contributed by atoms with Crippen molar-refractivity contribution in [3.8, 4) is 0 Å². The van der Waals surface area contributed by atoms with Crippen LogP contribution in [0.4, 0.5) is 4.79 Å². The van der Waals surface area contributed by atoms with E-state index in [9.17, 15) is 15.0 Å². The maximum atomic E-state index is 12.3. The van der Waals surface area contributed by atoms with Crippen molar-refractivity contribution in [3.63, 3.8) is 0 Å². The van der Waals surface area contributed by atoms with Gasteiger partial charge >= 0.3 is 6.09 Å². The van der Waals surface area contributed by atoms with E-state index in [1.807, 2.05) is 30.3 Å². The normalized spacial score (nSPS) is 42.9. The molecule has 38 heavy (non-hydrogen) atoms. The second kappa shape index (κ2) is 11.1. The minimum absolute atomic E-state index is 0.195. The number of aliphatic hydroxyl groups excluding tert-OH is 2. The number of fused-ring (bicyclic) bond motifs is 5. The van der Waals surface area contributed by atoms with Crippen molar-refractivity contribution < 1.29 is 19.7 Å². The first-order chi connectivity index (χ1) is 18.2. The molecule has 4 saturated carbocycles. The molecule has 0 bridgehead atoms. The summed E-state index contributed by atoms with van der Waals surface area (Å²) >= 11 is 0. The number of alkyl carbamates (subject to hydrolysis) is 1. The maximum absolute atomic E-state index is 12.3. The third-order valence-electron chi connectivity index (χ3n) is 12.2. The lowest BCUT2D eigenvalue weighted by Crippen LogP contribution is -2.62. The van der Waals surface area contributed by atoms with Crippen LogP contribution in [0.5, 0.6) is 0 Å². The second-order valence-corrected chi connectivity index (χ2v) is 13.9. The van der Waals surface area contributed by atoms with Gasteiger partial charge in [0.05, 0.1) is 18.8 Å². The zero-order valence-corrected chi connectivity index (χ0v) is 24.1. The van der Waals surface area contributed by atoms with Crippen molar-refractivity contribution in [2.75, 3.05) is 6.61 Å². The fourth-order valence-electron chi connectivity index (χ4n) is 10.3. The van der Waals surface area contributed by atoms with Gasteiger partial charge in [0.25, 0.3) is 0 Å². The highest BCUT2D eigenvalue weighted by Gasteiger charge is 2.64. The first kappa shape index (κ1) is 28.0. The first-order valence-corrected chi connectivity index (χ1v) is 15.5. The lowest BCUT2D eigenvalue weighted by atomic mass is 9.41. The van der Waals surface area contributed by atoms with E-state index in [4.69, 9.17) is 4.74 Å². The summed E-state index contributed by atoms with van der Waals surface area (Å²) < 4.78 is 5.57. The summed E-state index contributed by atoms with van der Waals surface area (Å²) in [6.45, 7) is 10.6. The minimum Gasteiger partial charge on any atom is -0.450 e. The molecule has 0 saturated heterocycles. The number of carbonyl (C=O) groups is 1. The molecular weight excluding hydrogens is 474 g/mol. The molecule has 11 atom stereocenters. The number of amides is 1. The number of hydrogen-bond donors (Lipinski definition) is 3. The Morgan fingerprint density at radius 3 is 2.47 bits per heavy atom. The van der Waals surface area contributed by atoms with E-state index in [1.54, 1.807) is 0 Å². The van der Waals surface area contributed by atoms with Crippen molar-refractivity contribution in [1.82, 2.24) is 5.32 Å². The maximum Gasteiger partial charge on any atom is 0.407 e. The van der Waals surface area contributed by atoms with Gasteiger partial charge in [0.15, 0.2) is 0 Å². The lowest BCUT2D eigenvalue weighted by Gasteiger charge is -2.64. The van der Waals surface area contributed by atoms with Gasteiger partial charge in [-0.15, -0.1) is 0 Å². The number of rotatable bonds is 7. The highest BCUT2D eigenvalue weighted by atomic mass is 16.5. The van der Waals surface area contributed by atoms with Gasteiger partial charge in [0.1, 0.15) is 0 Å². The summed E-state index contributed by atoms with van der Waals surface area (Å²) in [5, 5.41) is 25.3. The van der Waals surface area contributed by atoms with E-state index in [0.29, 0.717) is 54.6 Å². The quantitative estimate of drug-likeness (QED) is 0.376. The van der Waals surface area contributed by atoms with Crippen molar-refractivity contribution in [3.05, 3.63) is 35.9 Å². The van der Waals surface area contributed by atoms with Gasteiger partial charge in [-0.25, -0.2) is 4.79 Å². The molecule has 1 amide bonds. The van der Waals surface area contributed by atoms with E-state index >= 15 is 0 Å². The third kappa shape index (κ3) is 4.91. The van der Waals surface area contributed by atoms with E-state index in [1.165, 1.54) is 25.7 Å². The number of hydrogen-bond acceptors (Lipinski definition) is 4. The number of aliphatic hydroxyl groups is 2. The highest BCUT2D eigenvalue weighted by molar-refractivity contribution is 5.67. The van der Waals surface area contributed by atoms with Crippen LogP contribution in [0.1, 0.15) is 91.0 Å². The smallest absolute Gasteiger partial charge is 0.407 e. The van der Waals surface area contributed by atoms with Crippen LogP contribution in [0.25, 0.3) is 0 Å². The summed E-state index contributed by atoms with van der Waals surface area (Å²) in [5.74, 6) is 3.36. The van der Waals surface area contributed by atoms with Gasteiger partial charge in [-0.2, -0.15) is 0 Å². The van der Waals surface area contributed by atoms with Crippen LogP contribution in [0.2, 0.25) is 0 Å². The molecule has 1 aromatic rings. The molecular formula is C33H51NO4. The molecule has 0 aliphatic heterocycles. The van der Waals surface area contributed by atoms with Gasteiger partial charge in [-0.3, -0.25) is 0 Å². The third-order valence-corrected chi connectivity index (χ3v) is 12.2. The molecule has 0 aromatic heterocycles. The number of carbonyl (C=O) groups excluding carboxylic acids is 1. The van der Waals surface area contributed by atoms with Gasteiger partial charge in [0, 0.05) is 6.54 Å². The van der Waals surface area contributed by atoms with Crippen LogP contribution >= 0.6 is 0 Å². The molecule has 5 nitrogen and oxygen atoms in total. The molecule has 4 aliphatic carbocycles. The Balaban J connectivity index is 1.21. The van der Waals surface area contributed by atoms with E-state index in [-0.39, 0.29) is 29.1 Å². The summed E-state index contributed by atoms with van der Waals surface area (Å²) in [6.07, 6.45) is 8.88. The largest absolute Gasteiger partial charge is 0.450 e. The van der Waals surface area contributed by atoms with Crippen molar-refractivity contribution >= 4 is 6.09 Å². The zero-order chi connectivity index (χ0) is 27.1. The Kier molecular flexibility index (Phi) is 8.18. The molecule has 1 aromatic carbocycles. The molecule has 0 radical (unpaired) electrons. The van der Waals surface area contributed by atoms with E-state index < -0.39 is 0 Å². The van der Waals surface area contributed by atoms with Crippen molar-refractivity contribution in [2.24, 2.45) is 52.3 Å². The predicted molar refractivity (Wildman–Crippen MR) is 150 cm³/mol. The molecule has 5 rings (SSSR count). The lowest BCUT2D eigenvalue weighted by molar-refractivity contribution is -0.203. The summed E-state index contributed by atoms with van der Waals surface area (Å²) in [5.41, 5.74) is 1.56. The molecule has 5 heteroatoms. The summed E-state index contributed by atoms with van der Waals surface area (Å²) in [7, 11) is 0. The SMILES string of the molecule is CC[C@H]1[C@@H](O)C2C3CCC([C@H](C)CCOC(=O)NCc4ccccc4)C3(C)CC[C@@H]2[C@@]2(C)CC[C@@H](O)C[C@@H]12. The molecule has 0 spiro atoms. The standard InChI is InChI=1S/C33H51NO4/c1-5-24-28-19-23(35)13-16-33(28,4)27-14-17-32(3)25(11-12-26(32)29(27)30(24)36)21(2)15-18-38-31(37)34-20-22-9-7-6-8-10-22/h6-10,21,23-30,35-36H,5,11-20H2,1-4H3,(H,34,37)/t21-,23-,24-,25?,26?,27+,28+,29?,30-,32?,33-/m1/s1. The van der Waals surface area contributed by atoms with E-state index in [2.05, 4.69) is 33.0 Å². The topological polar surface area (TPSA) is 78.8 Å². The Hall–Kier alpha value is -1.59. The van der Waals surface area contributed by atoms with Crippen LogP contribution in [-0.2, 0) is 11.3 Å². The average Bonchev–Trinajstić information content (AvgIpc) is 3.26. The van der Waals surface area contributed by atoms with Crippen LogP contribution in [-0.4, -0.2) is 35.1 Å². The molecule has 212 valence electrons. The number of nitrogens with one attached hydrogen (secondary N) is 1. The molecule has 4 fully saturated rings. The zero-order valence-electron chi connectivity index (χ0n) is 24.1. The number of ether oxygens (including phenoxy) is 1. The van der Waals surface area contributed by atoms with Crippen LogP contribution in [0, 0.1) is 52.3 Å². The summed E-state index contributed by atoms with van der Waals surface area (Å²) in [6, 6.07) is 9.91. The van der Waals surface area contributed by atoms with Crippen LogP contribution in [0.3, 0.4) is 0 Å². The Bertz CT molecular complexity index is 954. The first-order valence-electron chi connectivity index (χ1n) is 15.5. The van der Waals surface area contributed by atoms with E-state index in [0.717, 1.165) is 37.7 Å². The number of benzene rings is 1. The van der Waals surface area contributed by atoms with Crippen molar-refractivity contribution in [2.45, 2.75) is 104 Å². The Labute approximate surface area is 230 Å². The minimum atomic E-state index is -0.339. The predicted octanol–water partition coefficient (Wildman–Crippen LogP) is 6.57. The second-order valence-electron chi connectivity index (χ2n) is 13.9. The van der Waals surface area contributed by atoms with Gasteiger partial charge in [-0.05, 0) is 109 Å². The van der Waals surface area contributed by atoms with Crippen LogP contribution < -0.4 is 5.32 Å².